The van der Waals surface area contributed by atoms with Gasteiger partial charge in [-0.3, -0.25) is 13.9 Å². The second kappa shape index (κ2) is 14.8. The van der Waals surface area contributed by atoms with E-state index < -0.39 is 28.5 Å². The molecule has 2 atom stereocenters. The van der Waals surface area contributed by atoms with Gasteiger partial charge in [-0.15, -0.1) is 0 Å². The van der Waals surface area contributed by atoms with E-state index in [1.165, 1.54) is 35.2 Å². The summed E-state index contributed by atoms with van der Waals surface area (Å²) in [5.41, 5.74) is 1.59. The second-order valence-corrected chi connectivity index (χ2v) is 13.5. The molecule has 2 unspecified atom stereocenters. The molecular weight excluding hydrogens is 640 g/mol. The third-order valence-corrected chi connectivity index (χ3v) is 9.71. The molecule has 0 fully saturated rings. The largest absolute Gasteiger partial charge is 0.352 e. The number of nitrogens with one attached hydrogen (secondary N) is 1. The lowest BCUT2D eigenvalue weighted by Gasteiger charge is -2.34. The number of rotatable bonds is 12. The summed E-state index contributed by atoms with van der Waals surface area (Å²) in [7, 11) is -4.26. The lowest BCUT2D eigenvalue weighted by atomic mass is 10.1. The highest BCUT2D eigenvalue weighted by Gasteiger charge is 2.34. The van der Waals surface area contributed by atoms with Crippen molar-refractivity contribution in [2.24, 2.45) is 0 Å². The van der Waals surface area contributed by atoms with E-state index in [2.05, 4.69) is 5.32 Å². The van der Waals surface area contributed by atoms with Crippen molar-refractivity contribution in [3.8, 4) is 0 Å². The summed E-state index contributed by atoms with van der Waals surface area (Å²) in [6.45, 7) is 6.79. The molecule has 0 bridgehead atoms. The van der Waals surface area contributed by atoms with Crippen molar-refractivity contribution in [2.75, 3.05) is 10.8 Å². The number of anilines is 1. The van der Waals surface area contributed by atoms with Crippen LogP contribution in [-0.4, -0.2) is 43.8 Å². The third kappa shape index (κ3) is 8.54. The molecule has 3 aromatic rings. The van der Waals surface area contributed by atoms with Crippen LogP contribution < -0.4 is 9.62 Å². The number of benzene rings is 3. The van der Waals surface area contributed by atoms with Gasteiger partial charge in [-0.25, -0.2) is 8.42 Å². The Hall–Kier alpha value is -2.49. The highest BCUT2D eigenvalue weighted by molar-refractivity contribution is 7.92. The fraction of sp³-hybridized carbons (Fsp3) is 0.333. The Bertz CT molecular complexity index is 1510. The summed E-state index contributed by atoms with van der Waals surface area (Å²) in [5, 5.41) is 3.96. The van der Waals surface area contributed by atoms with E-state index in [0.717, 1.165) is 9.87 Å². The molecule has 1 N–H and O–H groups in total. The van der Waals surface area contributed by atoms with Gasteiger partial charge in [-0.2, -0.15) is 0 Å². The molecule has 2 amide bonds. The maximum atomic E-state index is 14.2. The number of carbonyl (C=O) groups excluding carboxylic acids is 2. The zero-order valence-electron chi connectivity index (χ0n) is 23.7. The van der Waals surface area contributed by atoms with E-state index in [-0.39, 0.29) is 50.6 Å². The van der Waals surface area contributed by atoms with E-state index in [1.807, 2.05) is 20.8 Å². The first-order valence-electron chi connectivity index (χ1n) is 13.4. The van der Waals surface area contributed by atoms with Gasteiger partial charge in [0.2, 0.25) is 11.8 Å². The summed E-state index contributed by atoms with van der Waals surface area (Å²) in [5.74, 6) is -0.960. The smallest absolute Gasteiger partial charge is 0.264 e. The van der Waals surface area contributed by atoms with E-state index in [1.54, 1.807) is 37.3 Å². The first kappa shape index (κ1) is 34.0. The van der Waals surface area contributed by atoms with E-state index >= 15 is 0 Å². The van der Waals surface area contributed by atoms with Gasteiger partial charge in [0.05, 0.1) is 20.6 Å². The first-order chi connectivity index (χ1) is 19.8. The van der Waals surface area contributed by atoms with E-state index in [0.29, 0.717) is 17.0 Å². The molecule has 0 aliphatic heterocycles. The molecule has 0 aliphatic carbocycles. The SMILES string of the molecule is CCC(C)NC(=O)C(CC)N(Cc1ccc(Cl)c(Cl)c1)C(=O)CN(c1cc(Cl)cc(Cl)c1)S(=O)(=O)c1ccc(C)cc1. The molecule has 12 heteroatoms. The highest BCUT2D eigenvalue weighted by Crippen LogP contribution is 2.31. The molecule has 0 aliphatic rings. The fourth-order valence-electron chi connectivity index (χ4n) is 4.24. The first-order valence-corrected chi connectivity index (χ1v) is 16.3. The molecule has 0 heterocycles. The summed E-state index contributed by atoms with van der Waals surface area (Å²) < 4.78 is 28.9. The molecule has 3 aromatic carbocycles. The average molecular weight is 673 g/mol. The number of hydrogen-bond acceptors (Lipinski definition) is 4. The summed E-state index contributed by atoms with van der Waals surface area (Å²) in [4.78, 5) is 28.9. The Morgan fingerprint density at radius 1 is 0.857 bits per heavy atom. The minimum atomic E-state index is -4.26. The fourth-order valence-corrected chi connectivity index (χ4v) is 6.48. The monoisotopic (exact) mass is 671 g/mol. The molecule has 7 nitrogen and oxygen atoms in total. The minimum absolute atomic E-state index is 0.0170. The van der Waals surface area contributed by atoms with E-state index in [9.17, 15) is 18.0 Å². The van der Waals surface area contributed by atoms with Crippen LogP contribution in [0.25, 0.3) is 0 Å². The van der Waals surface area contributed by atoms with E-state index in [4.69, 9.17) is 46.4 Å². The van der Waals surface area contributed by atoms with Gasteiger partial charge in [0.1, 0.15) is 12.6 Å². The number of halogens is 4. The van der Waals surface area contributed by atoms with Crippen LogP contribution in [0.5, 0.6) is 0 Å². The van der Waals surface area contributed by atoms with Crippen LogP contribution in [0.4, 0.5) is 5.69 Å². The molecule has 0 aromatic heterocycles. The number of carbonyl (C=O) groups is 2. The molecule has 0 saturated carbocycles. The van der Waals surface area contributed by atoms with Crippen molar-refractivity contribution < 1.29 is 18.0 Å². The van der Waals surface area contributed by atoms with Crippen molar-refractivity contribution in [3.05, 3.63) is 91.9 Å². The maximum Gasteiger partial charge on any atom is 0.264 e. The lowest BCUT2D eigenvalue weighted by Crippen LogP contribution is -2.53. The van der Waals surface area contributed by atoms with Gasteiger partial charge in [0.25, 0.3) is 10.0 Å². The predicted octanol–water partition coefficient (Wildman–Crippen LogP) is 7.53. The molecule has 0 radical (unpaired) electrons. The van der Waals surface area contributed by atoms with Gasteiger partial charge in [0.15, 0.2) is 0 Å². The summed E-state index contributed by atoms with van der Waals surface area (Å²) >= 11 is 24.8. The molecule has 42 heavy (non-hydrogen) atoms. The van der Waals surface area contributed by atoms with Crippen LogP contribution in [-0.2, 0) is 26.2 Å². The number of amides is 2. The quantitative estimate of drug-likeness (QED) is 0.216. The number of hydrogen-bond donors (Lipinski definition) is 1. The predicted molar refractivity (Wildman–Crippen MR) is 171 cm³/mol. The van der Waals surface area contributed by atoms with Crippen LogP contribution in [0, 0.1) is 6.92 Å². The topological polar surface area (TPSA) is 86.8 Å². The van der Waals surface area contributed by atoms with Crippen LogP contribution in [0.15, 0.2) is 65.6 Å². The standard InChI is InChI=1S/C30H33Cl4N3O4S/c1-5-20(4)35-30(39)28(6-2)36(17-21-9-12-26(33)27(34)13-21)29(38)18-37(24-15-22(31)14-23(32)16-24)42(40,41)25-10-7-19(3)8-11-25/h7-16,20,28H,5-6,17-18H2,1-4H3,(H,35,39). The number of nitrogens with zero attached hydrogens (tertiary/aromatic N) is 2. The Labute approximate surface area is 267 Å². The average Bonchev–Trinajstić information content (AvgIpc) is 2.92. The molecule has 0 spiro atoms. The number of aryl methyl sites for hydroxylation is 1. The van der Waals surface area contributed by atoms with Gasteiger partial charge in [-0.1, -0.05) is 84.0 Å². The van der Waals surface area contributed by atoms with Crippen molar-refractivity contribution in [1.29, 1.82) is 0 Å². The van der Waals surface area contributed by atoms with Gasteiger partial charge in [0, 0.05) is 22.6 Å². The van der Waals surface area contributed by atoms with Crippen molar-refractivity contribution in [3.63, 3.8) is 0 Å². The zero-order chi connectivity index (χ0) is 31.2. The molecular formula is C30H33Cl4N3O4S. The Kier molecular flexibility index (Phi) is 12.0. The molecule has 0 saturated heterocycles. The van der Waals surface area contributed by atoms with Gasteiger partial charge >= 0.3 is 0 Å². The third-order valence-electron chi connectivity index (χ3n) is 6.75. The van der Waals surface area contributed by atoms with Crippen LogP contribution >= 0.6 is 46.4 Å². The Morgan fingerprint density at radius 2 is 1.48 bits per heavy atom. The van der Waals surface area contributed by atoms with Gasteiger partial charge < -0.3 is 10.2 Å². The second-order valence-electron chi connectivity index (χ2n) is 9.96. The summed E-state index contributed by atoms with van der Waals surface area (Å²) in [6.07, 6.45) is 0.976. The summed E-state index contributed by atoms with van der Waals surface area (Å²) in [6, 6.07) is 14.5. The van der Waals surface area contributed by atoms with Gasteiger partial charge in [-0.05, 0) is 74.7 Å². The minimum Gasteiger partial charge on any atom is -0.352 e. The van der Waals surface area contributed by atoms with Crippen LogP contribution in [0.3, 0.4) is 0 Å². The van der Waals surface area contributed by atoms with Crippen molar-refractivity contribution in [2.45, 2.75) is 64.1 Å². The highest BCUT2D eigenvalue weighted by atomic mass is 35.5. The normalized spacial score (nSPS) is 12.9. The lowest BCUT2D eigenvalue weighted by molar-refractivity contribution is -0.140. The molecule has 3 rings (SSSR count). The van der Waals surface area contributed by atoms with Crippen molar-refractivity contribution in [1.82, 2.24) is 10.2 Å². The number of sulfonamides is 1. The Balaban J connectivity index is 2.11. The van der Waals surface area contributed by atoms with Crippen molar-refractivity contribution >= 4 is 73.9 Å². The maximum absolute atomic E-state index is 14.2. The molecule has 226 valence electrons. The zero-order valence-corrected chi connectivity index (χ0v) is 27.5. The van der Waals surface area contributed by atoms with Crippen LogP contribution in [0.1, 0.15) is 44.7 Å². The van der Waals surface area contributed by atoms with Crippen LogP contribution in [0.2, 0.25) is 20.1 Å². The Morgan fingerprint density at radius 3 is 2.02 bits per heavy atom.